The molecule has 1 heterocycles. The van der Waals surface area contributed by atoms with E-state index in [1.807, 2.05) is 54.6 Å². The number of unbranched alkanes of at least 4 members (excludes halogenated alkanes) is 1. The molecule has 138 valence electrons. The third-order valence-electron chi connectivity index (χ3n) is 4.16. The molecular formula is C23H23NO3. The van der Waals surface area contributed by atoms with Crippen molar-refractivity contribution in [1.82, 2.24) is 4.98 Å². The third-order valence-corrected chi connectivity index (χ3v) is 4.16. The molecule has 1 aromatic heterocycles. The molecule has 27 heavy (non-hydrogen) atoms. The highest BCUT2D eigenvalue weighted by atomic mass is 16.5. The SMILES string of the molecule is CCCCOc1c(C(=O)OCc2ccccc2)cccc1-c1cccnc1. The van der Waals surface area contributed by atoms with Crippen molar-refractivity contribution in [3.05, 3.63) is 84.2 Å². The van der Waals surface area contributed by atoms with Gasteiger partial charge in [-0.05, 0) is 24.1 Å². The minimum absolute atomic E-state index is 0.227. The summed E-state index contributed by atoms with van der Waals surface area (Å²) in [7, 11) is 0. The van der Waals surface area contributed by atoms with Crippen molar-refractivity contribution in [3.63, 3.8) is 0 Å². The molecular weight excluding hydrogens is 338 g/mol. The van der Waals surface area contributed by atoms with E-state index in [2.05, 4.69) is 11.9 Å². The van der Waals surface area contributed by atoms with Gasteiger partial charge in [0.25, 0.3) is 0 Å². The number of para-hydroxylation sites is 1. The lowest BCUT2D eigenvalue weighted by molar-refractivity contribution is 0.0468. The maximum absolute atomic E-state index is 12.7. The number of rotatable bonds is 8. The van der Waals surface area contributed by atoms with E-state index in [-0.39, 0.29) is 6.61 Å². The molecule has 0 spiro atoms. The van der Waals surface area contributed by atoms with E-state index in [4.69, 9.17) is 9.47 Å². The molecule has 0 unspecified atom stereocenters. The molecule has 0 aliphatic heterocycles. The average Bonchev–Trinajstić information content (AvgIpc) is 2.73. The Balaban J connectivity index is 1.87. The second-order valence-corrected chi connectivity index (χ2v) is 6.19. The second kappa shape index (κ2) is 9.53. The van der Waals surface area contributed by atoms with Crippen LogP contribution >= 0.6 is 0 Å². The van der Waals surface area contributed by atoms with Crippen LogP contribution in [0.1, 0.15) is 35.7 Å². The zero-order valence-corrected chi connectivity index (χ0v) is 15.4. The summed E-state index contributed by atoms with van der Waals surface area (Å²) in [5.74, 6) is 0.160. The van der Waals surface area contributed by atoms with Gasteiger partial charge in [0, 0.05) is 23.5 Å². The van der Waals surface area contributed by atoms with E-state index < -0.39 is 5.97 Å². The molecule has 0 saturated carbocycles. The van der Waals surface area contributed by atoms with Crippen LogP contribution in [-0.4, -0.2) is 17.6 Å². The summed E-state index contributed by atoms with van der Waals surface area (Å²) >= 11 is 0. The van der Waals surface area contributed by atoms with Crippen molar-refractivity contribution in [1.29, 1.82) is 0 Å². The molecule has 4 nitrogen and oxygen atoms in total. The first-order valence-corrected chi connectivity index (χ1v) is 9.17. The number of esters is 1. The maximum Gasteiger partial charge on any atom is 0.342 e. The molecule has 0 amide bonds. The Hall–Kier alpha value is -3.14. The molecule has 0 aliphatic carbocycles. The van der Waals surface area contributed by atoms with Gasteiger partial charge in [0.2, 0.25) is 0 Å². The van der Waals surface area contributed by atoms with Gasteiger partial charge in [0.05, 0.1) is 6.61 Å². The van der Waals surface area contributed by atoms with Gasteiger partial charge in [0.1, 0.15) is 17.9 Å². The molecule has 0 saturated heterocycles. The lowest BCUT2D eigenvalue weighted by Crippen LogP contribution is -2.10. The molecule has 0 N–H and O–H groups in total. The molecule has 0 aliphatic rings. The van der Waals surface area contributed by atoms with E-state index in [0.29, 0.717) is 17.9 Å². The van der Waals surface area contributed by atoms with Gasteiger partial charge in [0.15, 0.2) is 0 Å². The number of carbonyl (C=O) groups is 1. The molecule has 0 radical (unpaired) electrons. The van der Waals surface area contributed by atoms with Crippen LogP contribution in [0.15, 0.2) is 73.1 Å². The summed E-state index contributed by atoms with van der Waals surface area (Å²) in [5.41, 5.74) is 3.13. The third kappa shape index (κ3) is 4.94. The largest absolute Gasteiger partial charge is 0.492 e. The molecule has 2 aromatic carbocycles. The fourth-order valence-corrected chi connectivity index (χ4v) is 2.72. The fourth-order valence-electron chi connectivity index (χ4n) is 2.72. The number of aromatic nitrogens is 1. The van der Waals surface area contributed by atoms with Crippen molar-refractivity contribution in [3.8, 4) is 16.9 Å². The summed E-state index contributed by atoms with van der Waals surface area (Å²) in [6.07, 6.45) is 5.42. The van der Waals surface area contributed by atoms with Crippen molar-refractivity contribution < 1.29 is 14.3 Å². The van der Waals surface area contributed by atoms with Crippen LogP contribution in [-0.2, 0) is 11.3 Å². The van der Waals surface area contributed by atoms with Gasteiger partial charge >= 0.3 is 5.97 Å². The van der Waals surface area contributed by atoms with E-state index >= 15 is 0 Å². The van der Waals surface area contributed by atoms with Crippen molar-refractivity contribution in [2.75, 3.05) is 6.61 Å². The first kappa shape index (κ1) is 18.6. The number of nitrogens with zero attached hydrogens (tertiary/aromatic N) is 1. The van der Waals surface area contributed by atoms with Crippen LogP contribution in [0.5, 0.6) is 5.75 Å². The molecule has 3 rings (SSSR count). The highest BCUT2D eigenvalue weighted by Gasteiger charge is 2.19. The summed E-state index contributed by atoms with van der Waals surface area (Å²) < 4.78 is 11.5. The van der Waals surface area contributed by atoms with Crippen LogP contribution in [0.3, 0.4) is 0 Å². The number of benzene rings is 2. The van der Waals surface area contributed by atoms with Crippen LogP contribution in [0.25, 0.3) is 11.1 Å². The maximum atomic E-state index is 12.7. The Morgan fingerprint density at radius 1 is 1.00 bits per heavy atom. The van der Waals surface area contributed by atoms with Gasteiger partial charge < -0.3 is 9.47 Å². The van der Waals surface area contributed by atoms with Crippen molar-refractivity contribution in [2.45, 2.75) is 26.4 Å². The van der Waals surface area contributed by atoms with Crippen LogP contribution in [0.2, 0.25) is 0 Å². The normalized spacial score (nSPS) is 10.4. The number of ether oxygens (including phenoxy) is 2. The van der Waals surface area contributed by atoms with Crippen LogP contribution in [0, 0.1) is 0 Å². The van der Waals surface area contributed by atoms with Gasteiger partial charge in [-0.3, -0.25) is 4.98 Å². The standard InChI is InChI=1S/C23H23NO3/c1-2-3-15-26-22-20(19-11-8-14-24-16-19)12-7-13-21(22)23(25)27-17-18-9-5-4-6-10-18/h4-14,16H,2-3,15,17H2,1H3. The molecule has 0 bridgehead atoms. The Labute approximate surface area is 159 Å². The Bertz CT molecular complexity index is 863. The zero-order valence-electron chi connectivity index (χ0n) is 15.4. The summed E-state index contributed by atoms with van der Waals surface area (Å²) in [6, 6.07) is 19.0. The topological polar surface area (TPSA) is 48.4 Å². The Kier molecular flexibility index (Phi) is 6.58. The summed E-state index contributed by atoms with van der Waals surface area (Å²) in [5, 5.41) is 0. The number of pyridine rings is 1. The quantitative estimate of drug-likeness (QED) is 0.404. The lowest BCUT2D eigenvalue weighted by Gasteiger charge is -2.15. The summed E-state index contributed by atoms with van der Waals surface area (Å²) in [6.45, 7) is 2.88. The second-order valence-electron chi connectivity index (χ2n) is 6.19. The minimum atomic E-state index is -0.393. The lowest BCUT2D eigenvalue weighted by atomic mass is 10.0. The van der Waals surface area contributed by atoms with Gasteiger partial charge in [-0.25, -0.2) is 4.79 Å². The van der Waals surface area contributed by atoms with Crippen LogP contribution in [0.4, 0.5) is 0 Å². The molecule has 4 heteroatoms. The van der Waals surface area contributed by atoms with E-state index in [1.165, 1.54) is 0 Å². The zero-order chi connectivity index (χ0) is 18.9. The van der Waals surface area contributed by atoms with E-state index in [0.717, 1.165) is 29.5 Å². The first-order chi connectivity index (χ1) is 13.3. The van der Waals surface area contributed by atoms with Gasteiger partial charge in [-0.15, -0.1) is 0 Å². The first-order valence-electron chi connectivity index (χ1n) is 9.17. The monoisotopic (exact) mass is 361 g/mol. The predicted molar refractivity (Wildman–Crippen MR) is 106 cm³/mol. The highest BCUT2D eigenvalue weighted by molar-refractivity contribution is 5.95. The van der Waals surface area contributed by atoms with Crippen molar-refractivity contribution in [2.24, 2.45) is 0 Å². The summed E-state index contributed by atoms with van der Waals surface area (Å²) in [4.78, 5) is 16.9. The Morgan fingerprint density at radius 3 is 2.59 bits per heavy atom. The fraction of sp³-hybridized carbons (Fsp3) is 0.217. The van der Waals surface area contributed by atoms with Gasteiger partial charge in [-0.2, -0.15) is 0 Å². The van der Waals surface area contributed by atoms with E-state index in [1.54, 1.807) is 18.5 Å². The smallest absolute Gasteiger partial charge is 0.342 e. The average molecular weight is 361 g/mol. The molecule has 3 aromatic rings. The predicted octanol–water partition coefficient (Wildman–Crippen LogP) is 5.28. The van der Waals surface area contributed by atoms with Crippen molar-refractivity contribution >= 4 is 5.97 Å². The highest BCUT2D eigenvalue weighted by Crippen LogP contribution is 2.33. The molecule has 0 fully saturated rings. The minimum Gasteiger partial charge on any atom is -0.492 e. The number of hydrogen-bond acceptors (Lipinski definition) is 4. The Morgan fingerprint density at radius 2 is 1.85 bits per heavy atom. The van der Waals surface area contributed by atoms with E-state index in [9.17, 15) is 4.79 Å². The molecule has 0 atom stereocenters. The van der Waals surface area contributed by atoms with Gasteiger partial charge in [-0.1, -0.05) is 61.9 Å². The van der Waals surface area contributed by atoms with Crippen LogP contribution < -0.4 is 4.74 Å². The number of hydrogen-bond donors (Lipinski definition) is 0. The number of carbonyl (C=O) groups excluding carboxylic acids is 1.